The standard InChI is InChI=1S/C40H53NO3/c1-7-8-9-16-23-39(3,4)35-31(25-28-17-12-10-13-18-28)36(42)34(37(43)32(35)26-29-19-14-11-15-20-29)30-24-27(2)21-22-33(30)40(5,6)38(41)44/h10-15,17-20,27,42-43H,7-9,16,21-26H2,1-6H3,(H2,41,44). The highest BCUT2D eigenvalue weighted by Gasteiger charge is 2.39. The van der Waals surface area contributed by atoms with Gasteiger partial charge in [-0.2, -0.15) is 0 Å². The van der Waals surface area contributed by atoms with Crippen LogP contribution < -0.4 is 5.73 Å². The highest BCUT2D eigenvalue weighted by molar-refractivity contribution is 5.90. The summed E-state index contributed by atoms with van der Waals surface area (Å²) in [6.07, 6.45) is 8.98. The Morgan fingerprint density at radius 2 is 1.36 bits per heavy atom. The number of hydrogen-bond acceptors (Lipinski definition) is 3. The van der Waals surface area contributed by atoms with Crippen LogP contribution in [-0.4, -0.2) is 16.1 Å². The number of phenols is 2. The average Bonchev–Trinajstić information content (AvgIpc) is 2.98. The Bertz CT molecular complexity index is 1400. The normalized spacial score (nSPS) is 15.9. The predicted molar refractivity (Wildman–Crippen MR) is 183 cm³/mol. The lowest BCUT2D eigenvalue weighted by atomic mass is 9.68. The summed E-state index contributed by atoms with van der Waals surface area (Å²) in [5.41, 5.74) is 12.1. The Labute approximate surface area is 265 Å². The molecule has 236 valence electrons. The first kappa shape index (κ1) is 33.4. The molecule has 0 bridgehead atoms. The first-order valence-electron chi connectivity index (χ1n) is 16.6. The zero-order valence-corrected chi connectivity index (χ0v) is 27.8. The van der Waals surface area contributed by atoms with Crippen LogP contribution in [0.2, 0.25) is 0 Å². The van der Waals surface area contributed by atoms with E-state index in [9.17, 15) is 15.0 Å². The van der Waals surface area contributed by atoms with Gasteiger partial charge in [-0.05, 0) is 73.1 Å². The van der Waals surface area contributed by atoms with E-state index in [1.54, 1.807) is 0 Å². The molecule has 0 radical (unpaired) electrons. The molecule has 0 saturated carbocycles. The average molecular weight is 596 g/mol. The third-order valence-corrected chi connectivity index (χ3v) is 9.90. The molecule has 1 aliphatic carbocycles. The van der Waals surface area contributed by atoms with E-state index in [1.807, 2.05) is 50.2 Å². The second-order valence-corrected chi connectivity index (χ2v) is 14.2. The Morgan fingerprint density at radius 1 is 0.841 bits per heavy atom. The number of carbonyl (C=O) groups excluding carboxylic acids is 1. The van der Waals surface area contributed by atoms with E-state index in [4.69, 9.17) is 5.73 Å². The molecule has 0 aliphatic heterocycles. The van der Waals surface area contributed by atoms with Gasteiger partial charge in [-0.25, -0.2) is 0 Å². The molecule has 4 nitrogen and oxygen atoms in total. The van der Waals surface area contributed by atoms with Crippen molar-refractivity contribution in [3.63, 3.8) is 0 Å². The van der Waals surface area contributed by atoms with Crippen LogP contribution in [0.5, 0.6) is 11.5 Å². The SMILES string of the molecule is CCCCCCC(C)(C)c1c(Cc2ccccc2)c(O)c(C2=C(C(C)(C)C(N)=O)CCC(C)C2)c(O)c1Cc1ccccc1. The van der Waals surface area contributed by atoms with Gasteiger partial charge in [0.2, 0.25) is 5.91 Å². The van der Waals surface area contributed by atoms with Gasteiger partial charge < -0.3 is 15.9 Å². The molecular weight excluding hydrogens is 542 g/mol. The van der Waals surface area contributed by atoms with Crippen molar-refractivity contribution in [3.8, 4) is 11.5 Å². The summed E-state index contributed by atoms with van der Waals surface area (Å²) in [6, 6.07) is 20.6. The summed E-state index contributed by atoms with van der Waals surface area (Å²) in [5, 5.41) is 24.9. The zero-order valence-electron chi connectivity index (χ0n) is 27.8. The van der Waals surface area contributed by atoms with Gasteiger partial charge in [-0.3, -0.25) is 4.79 Å². The van der Waals surface area contributed by atoms with E-state index in [2.05, 4.69) is 52.0 Å². The largest absolute Gasteiger partial charge is 0.507 e. The van der Waals surface area contributed by atoms with Crippen LogP contribution in [0, 0.1) is 11.3 Å². The van der Waals surface area contributed by atoms with Crippen molar-refractivity contribution in [3.05, 3.63) is 99.6 Å². The molecule has 4 rings (SSSR count). The minimum Gasteiger partial charge on any atom is -0.507 e. The molecule has 44 heavy (non-hydrogen) atoms. The minimum atomic E-state index is -0.898. The summed E-state index contributed by atoms with van der Waals surface area (Å²) < 4.78 is 0. The maximum Gasteiger partial charge on any atom is 0.227 e. The lowest BCUT2D eigenvalue weighted by Gasteiger charge is -2.37. The number of primary amides is 1. The monoisotopic (exact) mass is 595 g/mol. The van der Waals surface area contributed by atoms with Gasteiger partial charge in [-0.15, -0.1) is 0 Å². The quantitative estimate of drug-likeness (QED) is 0.172. The molecule has 4 N–H and O–H groups in total. The first-order chi connectivity index (χ1) is 20.9. The van der Waals surface area contributed by atoms with Gasteiger partial charge in [0.05, 0.1) is 11.0 Å². The zero-order chi connectivity index (χ0) is 32.1. The van der Waals surface area contributed by atoms with Crippen molar-refractivity contribution in [2.45, 2.75) is 111 Å². The third-order valence-electron chi connectivity index (χ3n) is 9.90. The Balaban J connectivity index is 2.08. The number of amides is 1. The number of nitrogens with two attached hydrogens (primary N) is 1. The molecule has 3 aromatic carbocycles. The summed E-state index contributed by atoms with van der Waals surface area (Å²) in [4.78, 5) is 12.8. The molecule has 0 heterocycles. The second-order valence-electron chi connectivity index (χ2n) is 14.2. The van der Waals surface area contributed by atoms with E-state index >= 15 is 0 Å². The van der Waals surface area contributed by atoms with Gasteiger partial charge >= 0.3 is 0 Å². The van der Waals surface area contributed by atoms with E-state index in [0.29, 0.717) is 37.2 Å². The van der Waals surface area contributed by atoms with E-state index in [-0.39, 0.29) is 16.9 Å². The van der Waals surface area contributed by atoms with Gasteiger partial charge in [0, 0.05) is 24.0 Å². The highest BCUT2D eigenvalue weighted by Crippen LogP contribution is 2.53. The lowest BCUT2D eigenvalue weighted by Crippen LogP contribution is -2.35. The number of allylic oxidation sites excluding steroid dienone is 1. The summed E-state index contributed by atoms with van der Waals surface area (Å²) >= 11 is 0. The number of carbonyl (C=O) groups is 1. The summed E-state index contributed by atoms with van der Waals surface area (Å²) in [6.45, 7) is 12.7. The van der Waals surface area contributed by atoms with E-state index < -0.39 is 11.3 Å². The van der Waals surface area contributed by atoms with Crippen molar-refractivity contribution in [1.82, 2.24) is 0 Å². The van der Waals surface area contributed by atoms with Gasteiger partial charge in [0.25, 0.3) is 0 Å². The van der Waals surface area contributed by atoms with Crippen LogP contribution in [0.15, 0.2) is 66.2 Å². The number of aromatic hydroxyl groups is 2. The molecule has 1 unspecified atom stereocenters. The van der Waals surface area contributed by atoms with Crippen molar-refractivity contribution in [2.24, 2.45) is 17.1 Å². The maximum absolute atomic E-state index is 12.8. The first-order valence-corrected chi connectivity index (χ1v) is 16.6. The molecule has 0 spiro atoms. The molecular formula is C40H53NO3. The lowest BCUT2D eigenvalue weighted by molar-refractivity contribution is -0.124. The van der Waals surface area contributed by atoms with Crippen LogP contribution in [0.3, 0.4) is 0 Å². The molecule has 3 aromatic rings. The third kappa shape index (κ3) is 7.22. The number of hydrogen-bond donors (Lipinski definition) is 3. The molecule has 0 fully saturated rings. The van der Waals surface area contributed by atoms with E-state index in [1.165, 1.54) is 12.8 Å². The minimum absolute atomic E-state index is 0.140. The fraction of sp³-hybridized carbons (Fsp3) is 0.475. The smallest absolute Gasteiger partial charge is 0.227 e. The van der Waals surface area contributed by atoms with Crippen molar-refractivity contribution in [1.29, 1.82) is 0 Å². The van der Waals surface area contributed by atoms with Crippen molar-refractivity contribution >= 4 is 11.5 Å². The Kier molecular flexibility index (Phi) is 10.7. The fourth-order valence-corrected chi connectivity index (χ4v) is 7.21. The molecule has 0 aromatic heterocycles. The predicted octanol–water partition coefficient (Wildman–Crippen LogP) is 9.61. The Hall–Kier alpha value is -3.53. The van der Waals surface area contributed by atoms with Crippen LogP contribution in [0.4, 0.5) is 0 Å². The number of unbranched alkanes of at least 4 members (excludes halogenated alkanes) is 3. The molecule has 0 saturated heterocycles. The van der Waals surface area contributed by atoms with Crippen LogP contribution in [0.1, 0.15) is 126 Å². The number of phenolic OH excluding ortho intramolecular Hbond substituents is 2. The van der Waals surface area contributed by atoms with Gasteiger partial charge in [-0.1, -0.05) is 120 Å². The molecule has 4 heteroatoms. The molecule has 1 amide bonds. The fourth-order valence-electron chi connectivity index (χ4n) is 7.21. The second kappa shape index (κ2) is 14.1. The van der Waals surface area contributed by atoms with Gasteiger partial charge in [0.1, 0.15) is 11.5 Å². The van der Waals surface area contributed by atoms with Crippen LogP contribution in [0.25, 0.3) is 5.57 Å². The summed E-state index contributed by atoms with van der Waals surface area (Å²) in [5.74, 6) is 0.238. The Morgan fingerprint density at radius 3 is 1.84 bits per heavy atom. The van der Waals surface area contributed by atoms with Gasteiger partial charge in [0.15, 0.2) is 0 Å². The van der Waals surface area contributed by atoms with Crippen molar-refractivity contribution in [2.75, 3.05) is 0 Å². The maximum atomic E-state index is 12.8. The van der Waals surface area contributed by atoms with E-state index in [0.717, 1.165) is 64.6 Å². The number of rotatable bonds is 13. The van der Waals surface area contributed by atoms with Crippen molar-refractivity contribution < 1.29 is 15.0 Å². The number of benzene rings is 3. The molecule has 1 aliphatic rings. The highest BCUT2D eigenvalue weighted by atomic mass is 16.3. The topological polar surface area (TPSA) is 83.5 Å². The molecule has 1 atom stereocenters. The summed E-state index contributed by atoms with van der Waals surface area (Å²) in [7, 11) is 0. The van der Waals surface area contributed by atoms with Crippen LogP contribution >= 0.6 is 0 Å². The van der Waals surface area contributed by atoms with Crippen LogP contribution in [-0.2, 0) is 23.1 Å².